The predicted octanol–water partition coefficient (Wildman–Crippen LogP) is 2.03. The average molecular weight is 315 g/mol. The van der Waals surface area contributed by atoms with Crippen LogP contribution in [0.25, 0.3) is 5.69 Å². The number of ether oxygens (including phenoxy) is 2. The molecule has 0 aliphatic heterocycles. The lowest BCUT2D eigenvalue weighted by Crippen LogP contribution is -2.26. The van der Waals surface area contributed by atoms with Gasteiger partial charge in [-0.15, -0.1) is 0 Å². The van der Waals surface area contributed by atoms with Crippen molar-refractivity contribution in [1.82, 2.24) is 4.57 Å². The van der Waals surface area contributed by atoms with Crippen LogP contribution < -0.4 is 5.43 Å². The Morgan fingerprint density at radius 1 is 0.957 bits per heavy atom. The van der Waals surface area contributed by atoms with Crippen molar-refractivity contribution in [2.24, 2.45) is 0 Å². The molecule has 23 heavy (non-hydrogen) atoms. The molecule has 0 saturated heterocycles. The maximum Gasteiger partial charge on any atom is 0.343 e. The molecule has 6 heteroatoms. The van der Waals surface area contributed by atoms with Crippen molar-refractivity contribution in [3.05, 3.63) is 63.1 Å². The van der Waals surface area contributed by atoms with Crippen molar-refractivity contribution in [3.63, 3.8) is 0 Å². The number of carbonyl (C=O) groups is 2. The zero-order chi connectivity index (χ0) is 17.1. The van der Waals surface area contributed by atoms with E-state index < -0.39 is 17.4 Å². The van der Waals surface area contributed by atoms with Gasteiger partial charge in [0.25, 0.3) is 0 Å². The van der Waals surface area contributed by atoms with Gasteiger partial charge in [-0.1, -0.05) is 12.1 Å². The molecular formula is C17H17NO5. The Morgan fingerprint density at radius 2 is 1.48 bits per heavy atom. The number of nitrogens with zero attached hydrogens (tertiary/aromatic N) is 1. The lowest BCUT2D eigenvalue weighted by atomic mass is 10.1. The number of aryl methyl sites for hydroxylation is 2. The van der Waals surface area contributed by atoms with Crippen LogP contribution in [0.3, 0.4) is 0 Å². The molecule has 0 aliphatic carbocycles. The number of benzene rings is 1. The molecule has 0 radical (unpaired) electrons. The van der Waals surface area contributed by atoms with Crippen molar-refractivity contribution < 1.29 is 19.1 Å². The summed E-state index contributed by atoms with van der Waals surface area (Å²) in [5, 5.41) is 0. The third-order valence-electron chi connectivity index (χ3n) is 3.48. The molecule has 120 valence electrons. The first-order valence-corrected chi connectivity index (χ1v) is 6.89. The summed E-state index contributed by atoms with van der Waals surface area (Å²) in [6.07, 6.45) is 2.73. The topological polar surface area (TPSA) is 74.6 Å². The fourth-order valence-electron chi connectivity index (χ4n) is 2.23. The Kier molecular flexibility index (Phi) is 4.64. The first kappa shape index (κ1) is 16.5. The number of esters is 2. The summed E-state index contributed by atoms with van der Waals surface area (Å²) in [4.78, 5) is 36.0. The van der Waals surface area contributed by atoms with Gasteiger partial charge in [0.15, 0.2) is 0 Å². The summed E-state index contributed by atoms with van der Waals surface area (Å²) in [5.41, 5.74) is 1.51. The smallest absolute Gasteiger partial charge is 0.343 e. The van der Waals surface area contributed by atoms with E-state index in [1.807, 2.05) is 32.0 Å². The van der Waals surface area contributed by atoms with E-state index in [0.717, 1.165) is 16.8 Å². The van der Waals surface area contributed by atoms with E-state index in [-0.39, 0.29) is 11.1 Å². The zero-order valence-corrected chi connectivity index (χ0v) is 13.4. The van der Waals surface area contributed by atoms with E-state index >= 15 is 0 Å². The molecular weight excluding hydrogens is 298 g/mol. The lowest BCUT2D eigenvalue weighted by molar-refractivity contribution is 0.0595. The highest BCUT2D eigenvalue weighted by molar-refractivity contribution is 5.94. The third kappa shape index (κ3) is 3.15. The summed E-state index contributed by atoms with van der Waals surface area (Å²) in [7, 11) is 2.35. The highest BCUT2D eigenvalue weighted by Crippen LogP contribution is 2.17. The zero-order valence-electron chi connectivity index (χ0n) is 13.4. The maximum atomic E-state index is 12.3. The van der Waals surface area contributed by atoms with Crippen LogP contribution in [-0.4, -0.2) is 30.7 Å². The van der Waals surface area contributed by atoms with Crippen molar-refractivity contribution in [1.29, 1.82) is 0 Å². The van der Waals surface area contributed by atoms with Crippen molar-refractivity contribution >= 4 is 11.9 Å². The number of hydrogen-bond donors (Lipinski definition) is 0. The Labute approximate surface area is 133 Å². The molecule has 2 aromatic rings. The first-order valence-electron chi connectivity index (χ1n) is 6.89. The van der Waals surface area contributed by atoms with Crippen LogP contribution in [0.2, 0.25) is 0 Å². The SMILES string of the molecule is COC(=O)c1cn(-c2cc(C)ccc2C)cc(C(=O)OC)c1=O. The van der Waals surface area contributed by atoms with Crippen LogP contribution in [-0.2, 0) is 9.47 Å². The molecule has 0 aliphatic rings. The van der Waals surface area contributed by atoms with Gasteiger partial charge in [-0.05, 0) is 31.0 Å². The molecule has 0 atom stereocenters. The summed E-state index contributed by atoms with van der Waals surface area (Å²) >= 11 is 0. The molecule has 2 rings (SSSR count). The number of methoxy groups -OCH3 is 2. The maximum absolute atomic E-state index is 12.3. The predicted molar refractivity (Wildman–Crippen MR) is 84.2 cm³/mol. The van der Waals surface area contributed by atoms with Gasteiger partial charge in [0.05, 0.1) is 14.2 Å². The number of aromatic nitrogens is 1. The summed E-state index contributed by atoms with van der Waals surface area (Å²) in [5.74, 6) is -1.61. The van der Waals surface area contributed by atoms with Gasteiger partial charge in [-0.25, -0.2) is 9.59 Å². The second-order valence-electron chi connectivity index (χ2n) is 5.10. The van der Waals surface area contributed by atoms with Crippen molar-refractivity contribution in [2.75, 3.05) is 14.2 Å². The fraction of sp³-hybridized carbons (Fsp3) is 0.235. The molecule has 0 bridgehead atoms. The highest BCUT2D eigenvalue weighted by Gasteiger charge is 2.21. The summed E-state index contributed by atoms with van der Waals surface area (Å²) in [6, 6.07) is 5.75. The Hall–Kier alpha value is -2.89. The summed E-state index contributed by atoms with van der Waals surface area (Å²) in [6.45, 7) is 3.82. The van der Waals surface area contributed by atoms with Gasteiger partial charge in [-0.3, -0.25) is 4.79 Å². The lowest BCUT2D eigenvalue weighted by Gasteiger charge is -2.13. The number of carbonyl (C=O) groups excluding carboxylic acids is 2. The Bertz CT molecular complexity index is 795. The molecule has 6 nitrogen and oxygen atoms in total. The van der Waals surface area contributed by atoms with Gasteiger partial charge in [0.2, 0.25) is 5.43 Å². The van der Waals surface area contributed by atoms with E-state index in [1.54, 1.807) is 4.57 Å². The van der Waals surface area contributed by atoms with E-state index in [2.05, 4.69) is 9.47 Å². The second-order valence-corrected chi connectivity index (χ2v) is 5.10. The van der Waals surface area contributed by atoms with E-state index in [1.165, 1.54) is 26.6 Å². The van der Waals surface area contributed by atoms with Gasteiger partial charge in [-0.2, -0.15) is 0 Å². The average Bonchev–Trinajstić information content (AvgIpc) is 2.56. The quantitative estimate of drug-likeness (QED) is 0.810. The fourth-order valence-corrected chi connectivity index (χ4v) is 2.23. The largest absolute Gasteiger partial charge is 0.465 e. The molecule has 1 aromatic heterocycles. The normalized spacial score (nSPS) is 10.3. The Morgan fingerprint density at radius 3 is 1.96 bits per heavy atom. The highest BCUT2D eigenvalue weighted by atomic mass is 16.5. The van der Waals surface area contributed by atoms with Crippen molar-refractivity contribution in [3.8, 4) is 5.69 Å². The molecule has 0 saturated carbocycles. The molecule has 1 aromatic carbocycles. The molecule has 0 fully saturated rings. The van der Waals surface area contributed by atoms with Crippen LogP contribution in [0.4, 0.5) is 0 Å². The van der Waals surface area contributed by atoms with Gasteiger partial charge >= 0.3 is 11.9 Å². The van der Waals surface area contributed by atoms with Crippen LogP contribution in [0.5, 0.6) is 0 Å². The Balaban J connectivity index is 2.79. The van der Waals surface area contributed by atoms with E-state index in [0.29, 0.717) is 0 Å². The minimum atomic E-state index is -0.806. The van der Waals surface area contributed by atoms with Crippen LogP contribution in [0.1, 0.15) is 31.8 Å². The number of hydrogen-bond acceptors (Lipinski definition) is 5. The minimum Gasteiger partial charge on any atom is -0.465 e. The van der Waals surface area contributed by atoms with Crippen LogP contribution in [0, 0.1) is 13.8 Å². The second kappa shape index (κ2) is 6.48. The van der Waals surface area contributed by atoms with Crippen LogP contribution in [0.15, 0.2) is 35.4 Å². The van der Waals surface area contributed by atoms with E-state index in [4.69, 9.17) is 0 Å². The molecule has 0 N–H and O–H groups in total. The molecule has 0 spiro atoms. The van der Waals surface area contributed by atoms with Crippen LogP contribution >= 0.6 is 0 Å². The summed E-state index contributed by atoms with van der Waals surface area (Å²) < 4.78 is 10.8. The van der Waals surface area contributed by atoms with Crippen molar-refractivity contribution in [2.45, 2.75) is 13.8 Å². The molecule has 1 heterocycles. The minimum absolute atomic E-state index is 0.226. The standard InChI is InChI=1S/C17H17NO5/c1-10-5-6-11(2)14(7-10)18-8-12(16(20)22-3)15(19)13(9-18)17(21)23-4/h5-9H,1-4H3. The molecule has 0 unspecified atom stereocenters. The number of pyridine rings is 1. The third-order valence-corrected chi connectivity index (χ3v) is 3.48. The first-order chi connectivity index (χ1) is 10.9. The van der Waals surface area contributed by atoms with Gasteiger partial charge in [0, 0.05) is 18.1 Å². The van der Waals surface area contributed by atoms with E-state index in [9.17, 15) is 14.4 Å². The monoisotopic (exact) mass is 315 g/mol. The number of rotatable bonds is 3. The molecule has 0 amide bonds. The van der Waals surface area contributed by atoms with Gasteiger partial charge < -0.3 is 14.0 Å². The van der Waals surface area contributed by atoms with Gasteiger partial charge in [0.1, 0.15) is 11.1 Å².